The fourth-order valence-electron chi connectivity index (χ4n) is 3.67. The molecule has 128 valence electrons. The topological polar surface area (TPSA) is 9.23 Å². The van der Waals surface area contributed by atoms with E-state index in [0.717, 1.165) is 6.61 Å². The van der Waals surface area contributed by atoms with Crippen LogP contribution in [0.3, 0.4) is 0 Å². The van der Waals surface area contributed by atoms with Crippen molar-refractivity contribution in [3.8, 4) is 0 Å². The van der Waals surface area contributed by atoms with Gasteiger partial charge in [0.05, 0.1) is 0 Å². The van der Waals surface area contributed by atoms with Gasteiger partial charge < -0.3 is 0 Å². The van der Waals surface area contributed by atoms with E-state index in [2.05, 4.69) is 65.8 Å². The van der Waals surface area contributed by atoms with E-state index in [1.54, 1.807) is 0 Å². The predicted octanol–water partition coefficient (Wildman–Crippen LogP) is 6.76. The Morgan fingerprint density at radius 1 is 0.667 bits per heavy atom. The second-order valence-corrected chi connectivity index (χ2v) is 36.1. The molecule has 0 saturated carbocycles. The quantitative estimate of drug-likeness (QED) is 0.299. The Labute approximate surface area is 142 Å². The van der Waals surface area contributed by atoms with Crippen molar-refractivity contribution >= 4 is 24.2 Å². The number of unbranched alkanes of at least 4 members (excludes halogenated alkanes) is 1. The second-order valence-electron chi connectivity index (χ2n) is 10.6. The van der Waals surface area contributed by atoms with Gasteiger partial charge in [0, 0.05) is 0 Å². The minimum absolute atomic E-state index is 1.05. The molecule has 0 fully saturated rings. The van der Waals surface area contributed by atoms with Gasteiger partial charge >= 0.3 is 143 Å². The Morgan fingerprint density at radius 3 is 1.24 bits per heavy atom. The summed E-state index contributed by atoms with van der Waals surface area (Å²) in [6.45, 7) is 26.4. The first kappa shape index (κ1) is 22.3. The van der Waals surface area contributed by atoms with Crippen LogP contribution in [0.5, 0.6) is 0 Å². The minimum atomic E-state index is -2.16. The van der Waals surface area contributed by atoms with Crippen molar-refractivity contribution in [1.82, 2.24) is 0 Å². The predicted molar refractivity (Wildman–Crippen MR) is 105 cm³/mol. The van der Waals surface area contributed by atoms with E-state index >= 15 is 0 Å². The first-order chi connectivity index (χ1) is 9.18. The van der Waals surface area contributed by atoms with Gasteiger partial charge in [0.15, 0.2) is 0 Å². The fourth-order valence-corrected chi connectivity index (χ4v) is 46.1. The zero-order valence-corrected chi connectivity index (χ0v) is 21.2. The maximum atomic E-state index is 6.89. The van der Waals surface area contributed by atoms with Crippen LogP contribution in [0.25, 0.3) is 0 Å². The molecule has 0 spiro atoms. The molecule has 21 heavy (non-hydrogen) atoms. The molecule has 0 rings (SSSR count). The normalized spacial score (nSPS) is 14.6. The van der Waals surface area contributed by atoms with E-state index in [0.29, 0.717) is 0 Å². The van der Waals surface area contributed by atoms with Crippen molar-refractivity contribution < 1.29 is 20.3 Å². The first-order valence-corrected chi connectivity index (χ1v) is 23.9. The third kappa shape index (κ3) is 12.4. The van der Waals surface area contributed by atoms with Crippen molar-refractivity contribution in [3.05, 3.63) is 0 Å². The van der Waals surface area contributed by atoms with Gasteiger partial charge in [0.1, 0.15) is 0 Å². The number of rotatable bonds is 10. The van der Waals surface area contributed by atoms with E-state index in [4.69, 9.17) is 3.32 Å². The molecular formula is C16H42OSi3Ti. The Hall–Kier alpha value is 1.32. The average molecular weight is 383 g/mol. The van der Waals surface area contributed by atoms with Crippen molar-refractivity contribution in [2.24, 2.45) is 0 Å². The molecule has 0 aliphatic heterocycles. The molecule has 0 saturated heterocycles. The molecule has 1 nitrogen and oxygen atoms in total. The van der Waals surface area contributed by atoms with Crippen LogP contribution in [0.1, 0.15) is 19.8 Å². The van der Waals surface area contributed by atoms with Gasteiger partial charge in [0.2, 0.25) is 0 Å². The molecule has 0 aromatic rings. The van der Waals surface area contributed by atoms with E-state index in [-0.39, 0.29) is 0 Å². The molecular weight excluding hydrogens is 340 g/mol. The summed E-state index contributed by atoms with van der Waals surface area (Å²) in [6.07, 6.45) is 2.53. The van der Waals surface area contributed by atoms with E-state index in [1.165, 1.54) is 25.9 Å². The van der Waals surface area contributed by atoms with Gasteiger partial charge in [-0.15, -0.1) is 0 Å². The van der Waals surface area contributed by atoms with E-state index in [9.17, 15) is 0 Å². The van der Waals surface area contributed by atoms with Crippen LogP contribution < -0.4 is 0 Å². The summed E-state index contributed by atoms with van der Waals surface area (Å²) >= 11 is -2.16. The van der Waals surface area contributed by atoms with Gasteiger partial charge in [-0.3, -0.25) is 0 Å². The molecule has 0 aromatic carbocycles. The summed E-state index contributed by atoms with van der Waals surface area (Å²) in [5, 5.41) is 0. The van der Waals surface area contributed by atoms with Crippen LogP contribution in [-0.2, 0) is 20.3 Å². The summed E-state index contributed by atoms with van der Waals surface area (Å²) in [6, 6.07) is 0. The van der Waals surface area contributed by atoms with Gasteiger partial charge in [-0.1, -0.05) is 0 Å². The molecule has 0 N–H and O–H groups in total. The van der Waals surface area contributed by atoms with E-state index < -0.39 is 41.2 Å². The number of hydrogen-bond acceptors (Lipinski definition) is 1. The monoisotopic (exact) mass is 382 g/mol. The van der Waals surface area contributed by atoms with Gasteiger partial charge in [-0.05, 0) is 0 Å². The Morgan fingerprint density at radius 2 is 1.00 bits per heavy atom. The van der Waals surface area contributed by atoms with Crippen molar-refractivity contribution in [2.75, 3.05) is 6.61 Å². The fraction of sp³-hybridized carbons (Fsp3) is 1.00. The zero-order chi connectivity index (χ0) is 16.9. The van der Waals surface area contributed by atoms with Crippen molar-refractivity contribution in [1.29, 1.82) is 0 Å². The maximum absolute atomic E-state index is 6.89. The van der Waals surface area contributed by atoms with Crippen LogP contribution in [0.2, 0.25) is 72.0 Å². The summed E-state index contributed by atoms with van der Waals surface area (Å²) in [5.41, 5.74) is 0. The van der Waals surface area contributed by atoms with Gasteiger partial charge in [-0.2, -0.15) is 0 Å². The van der Waals surface area contributed by atoms with Crippen LogP contribution >= 0.6 is 0 Å². The van der Waals surface area contributed by atoms with Gasteiger partial charge in [0.25, 0.3) is 0 Å². The molecule has 0 bridgehead atoms. The summed E-state index contributed by atoms with van der Waals surface area (Å²) < 4.78 is 11.5. The van der Waals surface area contributed by atoms with Crippen molar-refractivity contribution in [2.45, 2.75) is 91.7 Å². The molecule has 0 heterocycles. The summed E-state index contributed by atoms with van der Waals surface area (Å²) in [5.74, 6) is 0. The van der Waals surface area contributed by atoms with Crippen molar-refractivity contribution in [3.63, 3.8) is 0 Å². The Bertz CT molecular complexity index is 259. The van der Waals surface area contributed by atoms with Crippen LogP contribution in [0.4, 0.5) is 0 Å². The molecule has 5 heteroatoms. The SMILES string of the molecule is CCCC[O][Ti]([CH2][Si](C)(C)C)([CH2][Si](C)(C)C)[CH2][Si](C)(C)C. The van der Waals surface area contributed by atoms with Crippen LogP contribution in [0, 0.1) is 0 Å². The molecule has 0 amide bonds. The summed E-state index contributed by atoms with van der Waals surface area (Å²) in [7, 11) is -3.15. The molecule has 0 aliphatic carbocycles. The number of hydrogen-bond donors (Lipinski definition) is 0. The molecule has 0 aromatic heterocycles. The Balaban J connectivity index is 5.36. The average Bonchev–Trinajstić information content (AvgIpc) is 2.08. The molecule has 0 unspecified atom stereocenters. The standard InChI is InChI=1S/C4H9O.3C4H11Si.Ti/c1-2-3-4-5;3*1-5(2,3)4;/h2-4H2,1H3;3*1H2,2-4H3;/q-1;;;;+1. The van der Waals surface area contributed by atoms with Crippen LogP contribution in [-0.4, -0.2) is 30.8 Å². The molecule has 0 aliphatic rings. The summed E-state index contributed by atoms with van der Waals surface area (Å²) in [4.78, 5) is 0. The molecule has 0 radical (unpaired) electrons. The Kier molecular flexibility index (Phi) is 8.96. The van der Waals surface area contributed by atoms with Gasteiger partial charge in [-0.25, -0.2) is 0 Å². The third-order valence-electron chi connectivity index (χ3n) is 3.46. The second kappa shape index (κ2) is 8.43. The third-order valence-corrected chi connectivity index (χ3v) is 33.8. The first-order valence-electron chi connectivity index (χ1n) is 8.82. The van der Waals surface area contributed by atoms with E-state index in [1.807, 2.05) is 0 Å². The van der Waals surface area contributed by atoms with Crippen LogP contribution in [0.15, 0.2) is 0 Å². The zero-order valence-electron chi connectivity index (χ0n) is 16.7. The molecule has 0 atom stereocenters.